The van der Waals surface area contributed by atoms with E-state index in [0.717, 1.165) is 18.9 Å². The maximum Gasteiger partial charge on any atom is 0.420 e. The summed E-state index contributed by atoms with van der Waals surface area (Å²) in [5.41, 5.74) is 3.98. The highest BCUT2D eigenvalue weighted by Crippen LogP contribution is 2.41. The number of carbonyl (C=O) groups is 1. The van der Waals surface area contributed by atoms with E-state index in [2.05, 4.69) is 0 Å². The Labute approximate surface area is 112 Å². The van der Waals surface area contributed by atoms with Gasteiger partial charge in [-0.05, 0) is 24.8 Å². The van der Waals surface area contributed by atoms with Gasteiger partial charge in [0.05, 0.1) is 23.5 Å². The van der Waals surface area contributed by atoms with Crippen LogP contribution < -0.4 is 15.8 Å². The second kappa shape index (κ2) is 5.10. The summed E-state index contributed by atoms with van der Waals surface area (Å²) in [6.45, 7) is 0.180. The number of amides is 1. The lowest BCUT2D eigenvalue weighted by Crippen LogP contribution is -2.14. The lowest BCUT2D eigenvalue weighted by atomic mass is 10.1. The molecule has 2 rings (SSSR count). The molecule has 0 spiro atoms. The molecule has 4 N–H and O–H groups in total. The van der Waals surface area contributed by atoms with Crippen molar-refractivity contribution in [2.45, 2.75) is 19.0 Å². The molecule has 20 heavy (non-hydrogen) atoms. The Balaban J connectivity index is 2.33. The zero-order chi connectivity index (χ0) is 14.9. The van der Waals surface area contributed by atoms with Crippen molar-refractivity contribution in [2.75, 3.05) is 17.7 Å². The van der Waals surface area contributed by atoms with E-state index in [1.165, 1.54) is 0 Å². The van der Waals surface area contributed by atoms with Crippen LogP contribution in [0.25, 0.3) is 0 Å². The van der Waals surface area contributed by atoms with Crippen LogP contribution in [0.3, 0.4) is 0 Å². The summed E-state index contributed by atoms with van der Waals surface area (Å²) in [6.07, 6.45) is -4.17. The second-order valence-electron chi connectivity index (χ2n) is 4.62. The van der Waals surface area contributed by atoms with Gasteiger partial charge in [0, 0.05) is 6.07 Å². The predicted molar refractivity (Wildman–Crippen MR) is 65.7 cm³/mol. The topological polar surface area (TPSA) is 84.6 Å². The SMILES string of the molecule is Nc1cc(C(F)(F)F)c(OCC2CC2)cc1NC(=O)O. The molecule has 5 nitrogen and oxygen atoms in total. The number of nitrogen functional groups attached to an aromatic ring is 1. The summed E-state index contributed by atoms with van der Waals surface area (Å²) in [6, 6.07) is 1.64. The molecule has 0 heterocycles. The Bertz CT molecular complexity index is 527. The first-order valence-corrected chi connectivity index (χ1v) is 5.91. The fourth-order valence-corrected chi connectivity index (χ4v) is 1.65. The molecular weight excluding hydrogens is 277 g/mol. The van der Waals surface area contributed by atoms with Gasteiger partial charge in [-0.25, -0.2) is 4.79 Å². The highest BCUT2D eigenvalue weighted by atomic mass is 19.4. The summed E-state index contributed by atoms with van der Waals surface area (Å²) in [7, 11) is 0. The van der Waals surface area contributed by atoms with E-state index in [-0.39, 0.29) is 23.9 Å². The van der Waals surface area contributed by atoms with Crippen LogP contribution in [-0.4, -0.2) is 17.8 Å². The van der Waals surface area contributed by atoms with Gasteiger partial charge in [-0.1, -0.05) is 0 Å². The maximum atomic E-state index is 12.9. The van der Waals surface area contributed by atoms with Gasteiger partial charge in [-0.2, -0.15) is 13.2 Å². The zero-order valence-electron chi connectivity index (χ0n) is 10.3. The maximum absolute atomic E-state index is 12.9. The predicted octanol–water partition coefficient (Wildman–Crippen LogP) is 3.17. The molecule has 0 unspecified atom stereocenters. The zero-order valence-corrected chi connectivity index (χ0v) is 10.3. The molecule has 8 heteroatoms. The molecule has 1 saturated carbocycles. The first-order chi connectivity index (χ1) is 9.27. The fourth-order valence-electron chi connectivity index (χ4n) is 1.65. The Kier molecular flexibility index (Phi) is 3.65. The number of nitrogens with two attached hydrogens (primary N) is 1. The number of alkyl halides is 3. The van der Waals surface area contributed by atoms with Crippen molar-refractivity contribution in [1.29, 1.82) is 0 Å². The van der Waals surface area contributed by atoms with Gasteiger partial charge in [0.25, 0.3) is 0 Å². The van der Waals surface area contributed by atoms with Crippen LogP contribution >= 0.6 is 0 Å². The van der Waals surface area contributed by atoms with Gasteiger partial charge in [0.1, 0.15) is 5.75 Å². The Morgan fingerprint density at radius 3 is 2.60 bits per heavy atom. The molecule has 0 bridgehead atoms. The monoisotopic (exact) mass is 290 g/mol. The molecule has 0 aliphatic heterocycles. The fraction of sp³-hybridized carbons (Fsp3) is 0.417. The summed E-state index contributed by atoms with van der Waals surface area (Å²) >= 11 is 0. The van der Waals surface area contributed by atoms with Crippen LogP contribution in [0.4, 0.5) is 29.3 Å². The number of nitrogens with one attached hydrogen (secondary N) is 1. The summed E-state index contributed by atoms with van der Waals surface area (Å²) in [5.74, 6) is -0.146. The minimum atomic E-state index is -4.62. The number of hydrogen-bond donors (Lipinski definition) is 3. The molecule has 0 saturated heterocycles. The molecule has 1 fully saturated rings. The normalized spacial score (nSPS) is 14.9. The van der Waals surface area contributed by atoms with Crippen molar-refractivity contribution < 1.29 is 27.8 Å². The molecule has 1 aromatic carbocycles. The van der Waals surface area contributed by atoms with Crippen LogP contribution in [0.2, 0.25) is 0 Å². The van der Waals surface area contributed by atoms with E-state index >= 15 is 0 Å². The van der Waals surface area contributed by atoms with Crippen LogP contribution in [-0.2, 0) is 6.18 Å². The van der Waals surface area contributed by atoms with Gasteiger partial charge in [0.2, 0.25) is 0 Å². The molecule has 0 radical (unpaired) electrons. The van der Waals surface area contributed by atoms with Gasteiger partial charge >= 0.3 is 12.3 Å². The van der Waals surface area contributed by atoms with Crippen molar-refractivity contribution in [2.24, 2.45) is 5.92 Å². The van der Waals surface area contributed by atoms with Crippen molar-refractivity contribution in [3.63, 3.8) is 0 Å². The van der Waals surface area contributed by atoms with Gasteiger partial charge in [-0.15, -0.1) is 0 Å². The third-order valence-corrected chi connectivity index (χ3v) is 2.87. The van der Waals surface area contributed by atoms with Crippen LogP contribution in [0.1, 0.15) is 18.4 Å². The third kappa shape index (κ3) is 3.46. The Morgan fingerprint density at radius 2 is 2.10 bits per heavy atom. The lowest BCUT2D eigenvalue weighted by molar-refractivity contribution is -0.138. The van der Waals surface area contributed by atoms with Crippen molar-refractivity contribution in [1.82, 2.24) is 0 Å². The van der Waals surface area contributed by atoms with Crippen LogP contribution in [0.5, 0.6) is 5.75 Å². The third-order valence-electron chi connectivity index (χ3n) is 2.87. The number of ether oxygens (including phenoxy) is 1. The quantitative estimate of drug-likeness (QED) is 0.744. The Morgan fingerprint density at radius 1 is 1.45 bits per heavy atom. The summed E-state index contributed by atoms with van der Waals surface area (Å²) in [5, 5.41) is 10.5. The van der Waals surface area contributed by atoms with Gasteiger partial charge in [0.15, 0.2) is 0 Å². The molecule has 1 amide bonds. The number of anilines is 2. The highest BCUT2D eigenvalue weighted by molar-refractivity contribution is 5.88. The van der Waals surface area contributed by atoms with Crippen molar-refractivity contribution >= 4 is 17.5 Å². The van der Waals surface area contributed by atoms with E-state index in [9.17, 15) is 18.0 Å². The van der Waals surface area contributed by atoms with Crippen LogP contribution in [0.15, 0.2) is 12.1 Å². The first-order valence-electron chi connectivity index (χ1n) is 5.91. The number of hydrogen-bond acceptors (Lipinski definition) is 3. The standard InChI is InChI=1S/C12H13F3N2O3/c13-12(14,15)7-3-8(16)9(17-11(18)19)4-10(7)20-5-6-1-2-6/h3-4,6,17H,1-2,5,16H2,(H,18,19). The minimum absolute atomic E-state index is 0.128. The second-order valence-corrected chi connectivity index (χ2v) is 4.62. The molecular formula is C12H13F3N2O3. The highest BCUT2D eigenvalue weighted by Gasteiger charge is 2.36. The molecule has 0 aromatic heterocycles. The molecule has 1 aliphatic rings. The molecule has 110 valence electrons. The number of rotatable bonds is 4. The van der Waals surface area contributed by atoms with E-state index in [1.54, 1.807) is 0 Å². The van der Waals surface area contributed by atoms with E-state index < -0.39 is 23.6 Å². The number of halogens is 3. The smallest absolute Gasteiger partial charge is 0.420 e. The molecule has 0 atom stereocenters. The number of benzene rings is 1. The van der Waals surface area contributed by atoms with Gasteiger partial charge in [-0.3, -0.25) is 5.32 Å². The van der Waals surface area contributed by atoms with Crippen molar-refractivity contribution in [3.8, 4) is 5.75 Å². The van der Waals surface area contributed by atoms with E-state index in [1.807, 2.05) is 5.32 Å². The molecule has 1 aliphatic carbocycles. The number of carboxylic acid groups (broad SMARTS) is 1. The average molecular weight is 290 g/mol. The average Bonchev–Trinajstić information content (AvgIpc) is 3.11. The summed E-state index contributed by atoms with van der Waals surface area (Å²) < 4.78 is 43.8. The van der Waals surface area contributed by atoms with E-state index in [4.69, 9.17) is 15.6 Å². The minimum Gasteiger partial charge on any atom is -0.493 e. The lowest BCUT2D eigenvalue weighted by Gasteiger charge is -2.16. The van der Waals surface area contributed by atoms with E-state index in [0.29, 0.717) is 6.07 Å². The van der Waals surface area contributed by atoms with Crippen molar-refractivity contribution in [3.05, 3.63) is 17.7 Å². The first kappa shape index (κ1) is 14.3. The van der Waals surface area contributed by atoms with Crippen LogP contribution in [0, 0.1) is 5.92 Å². The Hall–Kier alpha value is -2.12. The molecule has 1 aromatic rings. The largest absolute Gasteiger partial charge is 0.493 e. The van der Waals surface area contributed by atoms with Gasteiger partial charge < -0.3 is 15.6 Å². The summed E-state index contributed by atoms with van der Waals surface area (Å²) in [4.78, 5) is 10.6.